The smallest absolute Gasteiger partial charge is 0.254 e. The van der Waals surface area contributed by atoms with Crippen molar-refractivity contribution in [2.45, 2.75) is 32.4 Å². The minimum absolute atomic E-state index is 0.0972. The summed E-state index contributed by atoms with van der Waals surface area (Å²) in [7, 11) is -1.56. The summed E-state index contributed by atoms with van der Waals surface area (Å²) in [5.74, 6) is -0.0972. The molecule has 4 rings (SSSR count). The summed E-state index contributed by atoms with van der Waals surface area (Å²) in [4.78, 5) is 19.1. The molecule has 0 saturated carbocycles. The van der Waals surface area contributed by atoms with E-state index < -0.39 is 10.0 Å². The number of benzene rings is 2. The van der Waals surface area contributed by atoms with E-state index in [1.54, 1.807) is 36.5 Å². The number of pyridine rings is 1. The number of fused-ring (bicyclic) bond motifs is 1. The van der Waals surface area contributed by atoms with Gasteiger partial charge >= 0.3 is 0 Å². The maximum absolute atomic E-state index is 13.3. The zero-order valence-electron chi connectivity index (χ0n) is 18.7. The molecule has 1 aromatic heterocycles. The van der Waals surface area contributed by atoms with Gasteiger partial charge in [-0.25, -0.2) is 8.42 Å². The monoisotopic (exact) mass is 449 g/mol. The van der Waals surface area contributed by atoms with Gasteiger partial charge in [-0.15, -0.1) is 0 Å². The summed E-state index contributed by atoms with van der Waals surface area (Å²) in [5, 5.41) is 0. The van der Waals surface area contributed by atoms with Gasteiger partial charge in [0.1, 0.15) is 0 Å². The van der Waals surface area contributed by atoms with Crippen molar-refractivity contribution in [2.75, 3.05) is 17.6 Å². The largest absolute Gasteiger partial charge is 0.335 e. The summed E-state index contributed by atoms with van der Waals surface area (Å²) in [6.45, 7) is 3.89. The average molecular weight is 450 g/mol. The van der Waals surface area contributed by atoms with Crippen LogP contribution in [0.25, 0.3) is 11.1 Å². The molecule has 3 aromatic rings. The highest BCUT2D eigenvalue weighted by Gasteiger charge is 2.33. The Balaban J connectivity index is 1.58. The molecule has 0 fully saturated rings. The minimum atomic E-state index is -3.36. The van der Waals surface area contributed by atoms with Crippen molar-refractivity contribution in [2.24, 2.45) is 0 Å². The Morgan fingerprint density at radius 1 is 1.09 bits per heavy atom. The van der Waals surface area contributed by atoms with Crippen LogP contribution in [-0.4, -0.2) is 43.6 Å². The summed E-state index contributed by atoms with van der Waals surface area (Å²) >= 11 is 0. The molecule has 2 unspecified atom stereocenters. The molecule has 6 nitrogen and oxygen atoms in total. The maximum Gasteiger partial charge on any atom is 0.254 e. The normalized spacial score (nSPS) is 16.5. The fourth-order valence-electron chi connectivity index (χ4n) is 4.37. The first-order chi connectivity index (χ1) is 15.2. The van der Waals surface area contributed by atoms with Crippen LogP contribution in [0.2, 0.25) is 0 Å². The van der Waals surface area contributed by atoms with Crippen LogP contribution in [0.4, 0.5) is 5.69 Å². The van der Waals surface area contributed by atoms with Crippen molar-refractivity contribution >= 4 is 21.6 Å². The molecule has 1 amide bonds. The molecule has 2 aromatic carbocycles. The molecule has 0 N–H and O–H groups in total. The zero-order valence-corrected chi connectivity index (χ0v) is 19.5. The van der Waals surface area contributed by atoms with Gasteiger partial charge in [0.2, 0.25) is 10.0 Å². The molecule has 2 heterocycles. The predicted molar refractivity (Wildman–Crippen MR) is 127 cm³/mol. The van der Waals surface area contributed by atoms with E-state index in [4.69, 9.17) is 0 Å². The van der Waals surface area contributed by atoms with E-state index in [0.29, 0.717) is 17.7 Å². The molecular weight excluding hydrogens is 422 g/mol. The van der Waals surface area contributed by atoms with Gasteiger partial charge in [-0.3, -0.25) is 14.1 Å². The third-order valence-corrected chi connectivity index (χ3v) is 7.39. The minimum Gasteiger partial charge on any atom is -0.335 e. The highest BCUT2D eigenvalue weighted by Crippen LogP contribution is 2.35. The fraction of sp³-hybridized carbons (Fsp3) is 0.280. The summed E-state index contributed by atoms with van der Waals surface area (Å²) < 4.78 is 25.8. The molecule has 1 aliphatic rings. The molecule has 0 bridgehead atoms. The van der Waals surface area contributed by atoms with Crippen LogP contribution >= 0.6 is 0 Å². The van der Waals surface area contributed by atoms with Crippen LogP contribution in [0.5, 0.6) is 0 Å². The van der Waals surface area contributed by atoms with E-state index in [2.05, 4.69) is 11.1 Å². The van der Waals surface area contributed by atoms with E-state index in [1.165, 1.54) is 10.6 Å². The number of hydrogen-bond acceptors (Lipinski definition) is 4. The summed E-state index contributed by atoms with van der Waals surface area (Å²) in [6, 6.07) is 17.1. The van der Waals surface area contributed by atoms with Crippen molar-refractivity contribution in [1.29, 1.82) is 0 Å². The van der Waals surface area contributed by atoms with Crippen LogP contribution < -0.4 is 4.31 Å². The van der Waals surface area contributed by atoms with Crippen LogP contribution in [0, 0.1) is 0 Å². The second-order valence-corrected chi connectivity index (χ2v) is 10.3. The molecule has 0 radical (unpaired) electrons. The highest BCUT2D eigenvalue weighted by molar-refractivity contribution is 7.92. The van der Waals surface area contributed by atoms with Gasteiger partial charge in [-0.1, -0.05) is 18.2 Å². The lowest BCUT2D eigenvalue weighted by molar-refractivity contribution is 0.0742. The van der Waals surface area contributed by atoms with Gasteiger partial charge in [0.05, 0.1) is 18.0 Å². The van der Waals surface area contributed by atoms with Gasteiger partial charge in [-0.05, 0) is 78.9 Å². The predicted octanol–water partition coefficient (Wildman–Crippen LogP) is 4.29. The van der Waals surface area contributed by atoms with E-state index in [9.17, 15) is 13.2 Å². The van der Waals surface area contributed by atoms with Crippen molar-refractivity contribution in [3.8, 4) is 11.1 Å². The van der Waals surface area contributed by atoms with Gasteiger partial charge in [0.15, 0.2) is 0 Å². The number of nitrogens with zero attached hydrogens (tertiary/aromatic N) is 3. The number of hydrogen-bond donors (Lipinski definition) is 0. The SMILES string of the molecule is CC(c1cccc(-c2ccncc2)c1)N(C)C(=O)c1ccc2c(c1)CC(C)N2S(C)(=O)=O. The molecule has 0 saturated heterocycles. The average Bonchev–Trinajstić information content (AvgIpc) is 3.13. The van der Waals surface area contributed by atoms with Crippen LogP contribution in [0.1, 0.15) is 41.4 Å². The standard InChI is InChI=1S/C25H27N3O3S/c1-17-14-23-16-22(8-9-24(23)28(17)32(4,30)31)25(29)27(3)18(2)20-6-5-7-21(15-20)19-10-12-26-13-11-19/h5-13,15-18H,14H2,1-4H3. The molecule has 0 spiro atoms. The Kier molecular flexibility index (Phi) is 5.77. The first-order valence-electron chi connectivity index (χ1n) is 10.6. The number of amides is 1. The molecule has 7 heteroatoms. The number of anilines is 1. The molecule has 32 heavy (non-hydrogen) atoms. The maximum atomic E-state index is 13.3. The lowest BCUT2D eigenvalue weighted by Crippen LogP contribution is -2.34. The topological polar surface area (TPSA) is 70.6 Å². The molecule has 2 atom stereocenters. The molecular formula is C25H27N3O3S. The number of carbonyl (C=O) groups is 1. The molecule has 166 valence electrons. The van der Waals surface area contributed by atoms with Crippen molar-refractivity contribution < 1.29 is 13.2 Å². The van der Waals surface area contributed by atoms with Crippen molar-refractivity contribution in [1.82, 2.24) is 9.88 Å². The van der Waals surface area contributed by atoms with Crippen LogP contribution in [-0.2, 0) is 16.4 Å². The Morgan fingerprint density at radius 2 is 1.81 bits per heavy atom. The van der Waals surface area contributed by atoms with Crippen molar-refractivity contribution in [3.05, 3.63) is 83.7 Å². The number of aromatic nitrogens is 1. The highest BCUT2D eigenvalue weighted by atomic mass is 32.2. The third kappa shape index (κ3) is 4.12. The van der Waals surface area contributed by atoms with Crippen LogP contribution in [0.3, 0.4) is 0 Å². The zero-order chi connectivity index (χ0) is 23.0. The Morgan fingerprint density at radius 3 is 2.50 bits per heavy atom. The lowest BCUT2D eigenvalue weighted by atomic mass is 9.99. The fourth-order valence-corrected chi connectivity index (χ4v) is 5.63. The molecule has 1 aliphatic heterocycles. The number of carbonyl (C=O) groups excluding carboxylic acids is 1. The van der Waals surface area contributed by atoms with Gasteiger partial charge in [0, 0.05) is 31.0 Å². The van der Waals surface area contributed by atoms with E-state index in [0.717, 1.165) is 22.3 Å². The van der Waals surface area contributed by atoms with E-state index in [-0.39, 0.29) is 18.0 Å². The molecule has 0 aliphatic carbocycles. The van der Waals surface area contributed by atoms with E-state index >= 15 is 0 Å². The Hall–Kier alpha value is -3.19. The van der Waals surface area contributed by atoms with Crippen molar-refractivity contribution in [3.63, 3.8) is 0 Å². The first kappa shape index (κ1) is 22.0. The Bertz CT molecular complexity index is 1260. The van der Waals surface area contributed by atoms with Gasteiger partial charge in [0.25, 0.3) is 5.91 Å². The number of rotatable bonds is 5. The third-order valence-electron chi connectivity index (χ3n) is 6.12. The summed E-state index contributed by atoms with van der Waals surface area (Å²) in [5.41, 5.74) is 5.29. The van der Waals surface area contributed by atoms with Gasteiger partial charge in [-0.2, -0.15) is 0 Å². The quantitative estimate of drug-likeness (QED) is 0.583. The van der Waals surface area contributed by atoms with Crippen LogP contribution in [0.15, 0.2) is 67.0 Å². The lowest BCUT2D eigenvalue weighted by Gasteiger charge is -2.26. The van der Waals surface area contributed by atoms with Gasteiger partial charge < -0.3 is 4.90 Å². The second-order valence-electron chi connectivity index (χ2n) is 8.41. The number of sulfonamides is 1. The Labute approximate surface area is 189 Å². The summed E-state index contributed by atoms with van der Waals surface area (Å²) in [6.07, 6.45) is 5.34. The van der Waals surface area contributed by atoms with E-state index in [1.807, 2.05) is 50.2 Å². The second kappa shape index (κ2) is 8.39. The first-order valence-corrected chi connectivity index (χ1v) is 12.4.